The number of hydrogen-bond acceptors (Lipinski definition) is 5. The Hall–Kier alpha value is -3.65. The Kier molecular flexibility index (Phi) is 4.12. The van der Waals surface area contributed by atoms with Crippen molar-refractivity contribution in [3.63, 3.8) is 0 Å². The van der Waals surface area contributed by atoms with Gasteiger partial charge < -0.3 is 5.73 Å². The third kappa shape index (κ3) is 2.99. The van der Waals surface area contributed by atoms with Gasteiger partial charge in [-0.1, -0.05) is 12.1 Å². The summed E-state index contributed by atoms with van der Waals surface area (Å²) in [7, 11) is -3.83. The maximum absolute atomic E-state index is 12.5. The van der Waals surface area contributed by atoms with Gasteiger partial charge in [0, 0.05) is 11.4 Å². The van der Waals surface area contributed by atoms with E-state index >= 15 is 0 Å². The quantitative estimate of drug-likeness (QED) is 0.523. The number of benzene rings is 3. The van der Waals surface area contributed by atoms with Gasteiger partial charge in [-0.3, -0.25) is 14.3 Å². The number of sulfonamides is 1. The molecular weight excluding hydrogens is 378 g/mol. The first kappa shape index (κ1) is 17.7. The molecule has 2 amide bonds. The molecule has 0 fully saturated rings. The lowest BCUT2D eigenvalue weighted by Crippen LogP contribution is -2.29. The van der Waals surface area contributed by atoms with Gasteiger partial charge in [0.1, 0.15) is 0 Å². The lowest BCUT2D eigenvalue weighted by Gasteiger charge is -2.15. The third-order valence-electron chi connectivity index (χ3n) is 4.36. The number of carbonyl (C=O) groups is 2. The topological polar surface area (TPSA) is 110 Å². The van der Waals surface area contributed by atoms with Gasteiger partial charge >= 0.3 is 0 Å². The number of nitrogen functional groups attached to an aromatic ring is 1. The van der Waals surface area contributed by atoms with Gasteiger partial charge in [-0.05, 0) is 60.7 Å². The van der Waals surface area contributed by atoms with Gasteiger partial charge in [-0.15, -0.1) is 0 Å². The molecular formula is C20H15N3O4S. The molecule has 0 saturated heterocycles. The molecule has 3 aromatic rings. The second-order valence-corrected chi connectivity index (χ2v) is 7.90. The van der Waals surface area contributed by atoms with Gasteiger partial charge in [-0.25, -0.2) is 13.3 Å². The Morgan fingerprint density at radius 3 is 1.82 bits per heavy atom. The van der Waals surface area contributed by atoms with Crippen LogP contribution in [-0.2, 0) is 10.0 Å². The first-order chi connectivity index (χ1) is 13.4. The average Bonchev–Trinajstić information content (AvgIpc) is 2.95. The normalized spacial score (nSPS) is 13.5. The van der Waals surface area contributed by atoms with Gasteiger partial charge in [0.15, 0.2) is 0 Å². The minimum Gasteiger partial charge on any atom is -0.399 e. The molecule has 8 heteroatoms. The number of carbonyl (C=O) groups excluding carboxylic acids is 2. The van der Waals surface area contributed by atoms with Crippen molar-refractivity contribution in [3.8, 4) is 0 Å². The number of amides is 2. The third-order valence-corrected chi connectivity index (χ3v) is 5.76. The number of anilines is 3. The summed E-state index contributed by atoms with van der Waals surface area (Å²) in [5, 5.41) is 0. The molecule has 7 nitrogen and oxygen atoms in total. The Labute approximate surface area is 161 Å². The van der Waals surface area contributed by atoms with E-state index in [-0.39, 0.29) is 4.90 Å². The summed E-state index contributed by atoms with van der Waals surface area (Å²) >= 11 is 0. The molecule has 28 heavy (non-hydrogen) atoms. The van der Waals surface area contributed by atoms with Crippen LogP contribution in [0.4, 0.5) is 17.1 Å². The monoisotopic (exact) mass is 393 g/mol. The fourth-order valence-electron chi connectivity index (χ4n) is 2.96. The molecule has 0 bridgehead atoms. The number of hydrogen-bond donors (Lipinski definition) is 2. The number of imide groups is 1. The molecule has 3 N–H and O–H groups in total. The number of nitrogens with zero attached hydrogens (tertiary/aromatic N) is 1. The minimum absolute atomic E-state index is 0.00434. The minimum atomic E-state index is -3.83. The van der Waals surface area contributed by atoms with E-state index in [4.69, 9.17) is 5.73 Å². The molecule has 0 spiro atoms. The standard InChI is InChI=1S/C20H15N3O4S/c21-13-5-7-14(8-6-13)22-28(26,27)16-11-9-15(10-12-16)23-19(24)17-3-1-2-4-18(17)20(23)25/h1-12,22H,21H2. The van der Waals surface area contributed by atoms with E-state index in [9.17, 15) is 18.0 Å². The van der Waals surface area contributed by atoms with E-state index in [1.807, 2.05) is 0 Å². The van der Waals surface area contributed by atoms with Crippen LogP contribution in [0.25, 0.3) is 0 Å². The average molecular weight is 393 g/mol. The fraction of sp³-hybridized carbons (Fsp3) is 0. The molecule has 1 aliphatic rings. The van der Waals surface area contributed by atoms with E-state index in [2.05, 4.69) is 4.72 Å². The predicted molar refractivity (Wildman–Crippen MR) is 106 cm³/mol. The molecule has 0 saturated carbocycles. The van der Waals surface area contributed by atoms with Gasteiger partial charge in [0.25, 0.3) is 21.8 Å². The number of fused-ring (bicyclic) bond motifs is 1. The highest BCUT2D eigenvalue weighted by molar-refractivity contribution is 7.92. The zero-order valence-electron chi connectivity index (χ0n) is 14.5. The molecule has 0 unspecified atom stereocenters. The molecule has 1 aliphatic heterocycles. The number of nitrogens with one attached hydrogen (secondary N) is 1. The molecule has 3 aromatic carbocycles. The summed E-state index contributed by atoms with van der Waals surface area (Å²) < 4.78 is 27.5. The first-order valence-corrected chi connectivity index (χ1v) is 9.81. The van der Waals surface area contributed by atoms with E-state index in [1.165, 1.54) is 24.3 Å². The second-order valence-electron chi connectivity index (χ2n) is 6.21. The first-order valence-electron chi connectivity index (χ1n) is 8.33. The zero-order chi connectivity index (χ0) is 19.9. The highest BCUT2D eigenvalue weighted by Gasteiger charge is 2.36. The second kappa shape index (κ2) is 6.50. The molecule has 0 aromatic heterocycles. The van der Waals surface area contributed by atoms with Gasteiger partial charge in [-0.2, -0.15) is 0 Å². The van der Waals surface area contributed by atoms with Crippen LogP contribution in [0.15, 0.2) is 77.7 Å². The predicted octanol–water partition coefficient (Wildman–Crippen LogP) is 2.87. The maximum Gasteiger partial charge on any atom is 0.266 e. The van der Waals surface area contributed by atoms with E-state index in [1.54, 1.807) is 48.5 Å². The Morgan fingerprint density at radius 2 is 1.29 bits per heavy atom. The van der Waals surface area contributed by atoms with Crippen LogP contribution in [0.2, 0.25) is 0 Å². The van der Waals surface area contributed by atoms with Crippen LogP contribution in [0.3, 0.4) is 0 Å². The van der Waals surface area contributed by atoms with Crippen molar-refractivity contribution < 1.29 is 18.0 Å². The maximum atomic E-state index is 12.5. The van der Waals surface area contributed by atoms with E-state index < -0.39 is 21.8 Å². The molecule has 140 valence electrons. The number of rotatable bonds is 4. The van der Waals surface area contributed by atoms with Crippen LogP contribution >= 0.6 is 0 Å². The summed E-state index contributed by atoms with van der Waals surface area (Å²) in [5.74, 6) is -0.868. The van der Waals surface area contributed by atoms with Crippen molar-refractivity contribution in [2.75, 3.05) is 15.4 Å². The summed E-state index contributed by atoms with van der Waals surface area (Å²) in [4.78, 5) is 26.1. The summed E-state index contributed by atoms with van der Waals surface area (Å²) in [5.41, 5.74) is 7.45. The van der Waals surface area contributed by atoms with Crippen molar-refractivity contribution in [2.45, 2.75) is 4.90 Å². The van der Waals surface area contributed by atoms with Gasteiger partial charge in [0.2, 0.25) is 0 Å². The summed E-state index contributed by atoms with van der Waals surface area (Å²) in [6.45, 7) is 0. The Bertz CT molecular complexity index is 1150. The van der Waals surface area contributed by atoms with E-state index in [0.717, 1.165) is 4.90 Å². The lowest BCUT2D eigenvalue weighted by atomic mass is 10.1. The highest BCUT2D eigenvalue weighted by Crippen LogP contribution is 2.29. The van der Waals surface area contributed by atoms with Crippen LogP contribution in [0, 0.1) is 0 Å². The van der Waals surface area contributed by atoms with Crippen molar-refractivity contribution in [3.05, 3.63) is 83.9 Å². The molecule has 0 aliphatic carbocycles. The van der Waals surface area contributed by atoms with Crippen molar-refractivity contribution in [2.24, 2.45) is 0 Å². The molecule has 0 radical (unpaired) electrons. The van der Waals surface area contributed by atoms with Crippen molar-refractivity contribution in [1.29, 1.82) is 0 Å². The molecule has 0 atom stereocenters. The van der Waals surface area contributed by atoms with Crippen molar-refractivity contribution in [1.82, 2.24) is 0 Å². The van der Waals surface area contributed by atoms with Crippen LogP contribution < -0.4 is 15.4 Å². The highest BCUT2D eigenvalue weighted by atomic mass is 32.2. The van der Waals surface area contributed by atoms with Crippen LogP contribution in [0.5, 0.6) is 0 Å². The molecule has 1 heterocycles. The Balaban J connectivity index is 1.60. The van der Waals surface area contributed by atoms with Crippen LogP contribution in [0.1, 0.15) is 20.7 Å². The smallest absolute Gasteiger partial charge is 0.266 e. The SMILES string of the molecule is Nc1ccc(NS(=O)(=O)c2ccc(N3C(=O)c4ccccc4C3=O)cc2)cc1. The molecule has 4 rings (SSSR count). The number of nitrogens with two attached hydrogens (primary N) is 1. The Morgan fingerprint density at radius 1 is 0.750 bits per heavy atom. The van der Waals surface area contributed by atoms with E-state index in [0.29, 0.717) is 28.2 Å². The zero-order valence-corrected chi connectivity index (χ0v) is 15.3. The summed E-state index contributed by atoms with van der Waals surface area (Å²) in [6.07, 6.45) is 0. The van der Waals surface area contributed by atoms with Gasteiger partial charge in [0.05, 0.1) is 21.7 Å². The largest absolute Gasteiger partial charge is 0.399 e. The van der Waals surface area contributed by atoms with Crippen molar-refractivity contribution >= 4 is 38.9 Å². The summed E-state index contributed by atoms with van der Waals surface area (Å²) in [6, 6.07) is 18.4. The fourth-order valence-corrected chi connectivity index (χ4v) is 4.02. The lowest BCUT2D eigenvalue weighted by molar-refractivity contribution is 0.0926. The van der Waals surface area contributed by atoms with Crippen LogP contribution in [-0.4, -0.2) is 20.2 Å².